The molecule has 0 saturated carbocycles. The van der Waals surface area contributed by atoms with Gasteiger partial charge in [-0.15, -0.1) is 0 Å². The molecular formula is C10H28N2. The molecule has 1 N–H and O–H groups in total. The molecule has 0 aliphatic carbocycles. The highest BCUT2D eigenvalue weighted by Gasteiger charge is 2.01. The van der Waals surface area contributed by atoms with Crippen LogP contribution in [0.3, 0.4) is 0 Å². The van der Waals surface area contributed by atoms with Gasteiger partial charge in [0, 0.05) is 26.2 Å². The van der Waals surface area contributed by atoms with Crippen LogP contribution in [0.5, 0.6) is 0 Å². The molecule has 0 atom stereocenters. The highest BCUT2D eigenvalue weighted by molar-refractivity contribution is 4.62. The number of hydrogen-bond acceptors (Lipinski definition) is 2. The Bertz CT molecular complexity index is 49.8. The molecule has 1 aliphatic rings. The van der Waals surface area contributed by atoms with Crippen LogP contribution in [0.15, 0.2) is 0 Å². The highest BCUT2D eigenvalue weighted by atomic mass is 15.2. The molecule has 0 amide bonds. The van der Waals surface area contributed by atoms with Gasteiger partial charge < -0.3 is 10.2 Å². The Morgan fingerprint density at radius 2 is 1.25 bits per heavy atom. The van der Waals surface area contributed by atoms with Crippen LogP contribution in [0, 0.1) is 0 Å². The molecule has 2 heteroatoms. The smallest absolute Gasteiger partial charge is 0.0104 e. The zero-order valence-corrected chi connectivity index (χ0v) is 8.78. The van der Waals surface area contributed by atoms with E-state index in [1.807, 2.05) is 27.7 Å². The van der Waals surface area contributed by atoms with Crippen LogP contribution in [0.4, 0.5) is 0 Å². The monoisotopic (exact) mass is 176 g/mol. The summed E-state index contributed by atoms with van der Waals surface area (Å²) < 4.78 is 0. The first kappa shape index (κ1) is 17.9. The van der Waals surface area contributed by atoms with E-state index >= 15 is 0 Å². The Morgan fingerprint density at radius 3 is 1.42 bits per heavy atom. The van der Waals surface area contributed by atoms with Crippen molar-refractivity contribution >= 4 is 0 Å². The Hall–Kier alpha value is -0.0800. The molecular weight excluding hydrogens is 148 g/mol. The van der Waals surface area contributed by atoms with Crippen molar-refractivity contribution in [3.05, 3.63) is 0 Å². The molecule has 12 heavy (non-hydrogen) atoms. The lowest BCUT2D eigenvalue weighted by molar-refractivity contribution is 0.291. The topological polar surface area (TPSA) is 15.3 Å². The summed E-state index contributed by atoms with van der Waals surface area (Å²) >= 11 is 0. The number of likely N-dealkylation sites (N-methyl/N-ethyl adjacent to an activating group) is 1. The fourth-order valence-electron chi connectivity index (χ4n) is 0.777. The lowest BCUT2D eigenvalue weighted by atomic mass is 10.4. The second-order valence-corrected chi connectivity index (χ2v) is 2.05. The summed E-state index contributed by atoms with van der Waals surface area (Å²) in [6.45, 7) is 12.7. The van der Waals surface area contributed by atoms with Gasteiger partial charge in [0.2, 0.25) is 0 Å². The van der Waals surface area contributed by atoms with Gasteiger partial charge in [-0.25, -0.2) is 0 Å². The summed E-state index contributed by atoms with van der Waals surface area (Å²) in [6, 6.07) is 0. The lowest BCUT2D eigenvalue weighted by Gasteiger charge is -2.21. The van der Waals surface area contributed by atoms with Crippen molar-refractivity contribution in [2.24, 2.45) is 0 Å². The zero-order chi connectivity index (χ0) is 9.11. The van der Waals surface area contributed by atoms with Gasteiger partial charge in [-0.2, -0.15) is 0 Å². The molecule has 0 aromatic carbocycles. The third-order valence-electron chi connectivity index (χ3n) is 1.34. The van der Waals surface area contributed by atoms with Crippen molar-refractivity contribution in [3.8, 4) is 0 Å². The highest BCUT2D eigenvalue weighted by Crippen LogP contribution is 1.82. The van der Waals surface area contributed by atoms with Gasteiger partial charge in [0.1, 0.15) is 0 Å². The third-order valence-corrected chi connectivity index (χ3v) is 1.34. The molecule has 0 radical (unpaired) electrons. The van der Waals surface area contributed by atoms with Gasteiger partial charge in [0.15, 0.2) is 0 Å². The Kier molecular flexibility index (Phi) is 25.5. The van der Waals surface area contributed by atoms with E-state index in [-0.39, 0.29) is 7.43 Å². The van der Waals surface area contributed by atoms with E-state index in [4.69, 9.17) is 0 Å². The number of nitrogens with zero attached hydrogens (tertiary/aromatic N) is 1. The zero-order valence-electron chi connectivity index (χ0n) is 8.78. The Balaban J connectivity index is -0.000000144. The predicted octanol–water partition coefficient (Wildman–Crippen LogP) is 2.21. The SMILES string of the molecule is C.CC.CC.CN1CCNCC1. The molecule has 0 unspecified atom stereocenters. The van der Waals surface area contributed by atoms with Crippen molar-refractivity contribution < 1.29 is 0 Å². The molecule has 2 nitrogen and oxygen atoms in total. The van der Waals surface area contributed by atoms with E-state index < -0.39 is 0 Å². The van der Waals surface area contributed by atoms with Crippen molar-refractivity contribution in [1.82, 2.24) is 10.2 Å². The maximum absolute atomic E-state index is 3.27. The molecule has 1 heterocycles. The van der Waals surface area contributed by atoms with Gasteiger partial charge in [-0.05, 0) is 7.05 Å². The first-order valence-electron chi connectivity index (χ1n) is 4.79. The second-order valence-electron chi connectivity index (χ2n) is 2.05. The van der Waals surface area contributed by atoms with Gasteiger partial charge in [0.25, 0.3) is 0 Å². The van der Waals surface area contributed by atoms with Gasteiger partial charge in [-0.1, -0.05) is 35.1 Å². The summed E-state index contributed by atoms with van der Waals surface area (Å²) in [5.74, 6) is 0. The largest absolute Gasteiger partial charge is 0.314 e. The number of rotatable bonds is 0. The van der Waals surface area contributed by atoms with Crippen LogP contribution < -0.4 is 5.32 Å². The van der Waals surface area contributed by atoms with Crippen molar-refractivity contribution in [2.45, 2.75) is 35.1 Å². The van der Waals surface area contributed by atoms with Gasteiger partial charge in [-0.3, -0.25) is 0 Å². The van der Waals surface area contributed by atoms with Crippen LogP contribution in [-0.2, 0) is 0 Å². The fraction of sp³-hybridized carbons (Fsp3) is 1.00. The molecule has 0 spiro atoms. The molecule has 1 saturated heterocycles. The number of nitrogens with one attached hydrogen (secondary N) is 1. The van der Waals surface area contributed by atoms with Gasteiger partial charge in [0.05, 0.1) is 0 Å². The predicted molar refractivity (Wildman–Crippen MR) is 59.8 cm³/mol. The van der Waals surface area contributed by atoms with Crippen LogP contribution in [0.2, 0.25) is 0 Å². The minimum absolute atomic E-state index is 0. The van der Waals surface area contributed by atoms with Crippen LogP contribution in [0.25, 0.3) is 0 Å². The number of piperazine rings is 1. The second kappa shape index (κ2) is 17.1. The lowest BCUT2D eigenvalue weighted by Crippen LogP contribution is -2.40. The van der Waals surface area contributed by atoms with E-state index in [0.717, 1.165) is 13.1 Å². The average Bonchev–Trinajstić information content (AvgIpc) is 2.13. The first-order valence-corrected chi connectivity index (χ1v) is 4.79. The quantitative estimate of drug-likeness (QED) is 0.609. The van der Waals surface area contributed by atoms with E-state index in [1.165, 1.54) is 13.1 Å². The molecule has 1 aliphatic heterocycles. The minimum atomic E-state index is 0. The van der Waals surface area contributed by atoms with E-state index in [1.54, 1.807) is 0 Å². The van der Waals surface area contributed by atoms with Crippen molar-refractivity contribution in [2.75, 3.05) is 33.2 Å². The molecule has 0 aromatic heterocycles. The van der Waals surface area contributed by atoms with Crippen LogP contribution >= 0.6 is 0 Å². The van der Waals surface area contributed by atoms with Crippen molar-refractivity contribution in [1.29, 1.82) is 0 Å². The molecule has 1 rings (SSSR count). The third kappa shape index (κ3) is 12.6. The fourth-order valence-corrected chi connectivity index (χ4v) is 0.777. The molecule has 1 fully saturated rings. The van der Waals surface area contributed by atoms with Gasteiger partial charge >= 0.3 is 0 Å². The van der Waals surface area contributed by atoms with E-state index in [2.05, 4.69) is 17.3 Å². The standard InChI is InChI=1S/C5H12N2.2C2H6.CH4/c1-7-4-2-6-3-5-7;2*1-2;/h6H,2-5H2,1H3;2*1-2H3;1H4. The van der Waals surface area contributed by atoms with Crippen LogP contribution in [0.1, 0.15) is 35.1 Å². The van der Waals surface area contributed by atoms with Crippen LogP contribution in [-0.4, -0.2) is 38.1 Å². The Labute approximate surface area is 79.3 Å². The van der Waals surface area contributed by atoms with E-state index in [0.29, 0.717) is 0 Å². The van der Waals surface area contributed by atoms with E-state index in [9.17, 15) is 0 Å². The first-order chi connectivity index (χ1) is 5.39. The average molecular weight is 176 g/mol. The Morgan fingerprint density at radius 1 is 0.917 bits per heavy atom. The minimum Gasteiger partial charge on any atom is -0.314 e. The summed E-state index contributed by atoms with van der Waals surface area (Å²) in [6.07, 6.45) is 0. The summed E-state index contributed by atoms with van der Waals surface area (Å²) in [4.78, 5) is 2.33. The normalized spacial score (nSPS) is 15.8. The maximum Gasteiger partial charge on any atom is 0.0104 e. The molecule has 0 bridgehead atoms. The maximum atomic E-state index is 3.27. The van der Waals surface area contributed by atoms with Crippen molar-refractivity contribution in [3.63, 3.8) is 0 Å². The number of hydrogen-bond donors (Lipinski definition) is 1. The summed E-state index contributed by atoms with van der Waals surface area (Å²) in [5, 5.41) is 3.27. The molecule has 78 valence electrons. The summed E-state index contributed by atoms with van der Waals surface area (Å²) in [7, 11) is 2.15. The molecule has 0 aromatic rings. The summed E-state index contributed by atoms with van der Waals surface area (Å²) in [5.41, 5.74) is 0.